The number of nitrogens with zero attached hydrogens (tertiary/aromatic N) is 1. The van der Waals surface area contributed by atoms with Crippen molar-refractivity contribution in [3.8, 4) is 0 Å². The van der Waals surface area contributed by atoms with Crippen LogP contribution in [-0.4, -0.2) is 20.1 Å². The Kier molecular flexibility index (Phi) is 3.78. The van der Waals surface area contributed by atoms with E-state index in [0.29, 0.717) is 6.04 Å². The van der Waals surface area contributed by atoms with Crippen molar-refractivity contribution in [2.45, 2.75) is 19.9 Å². The molecule has 1 aromatic carbocycles. The van der Waals surface area contributed by atoms with Crippen LogP contribution in [-0.2, 0) is 0 Å². The summed E-state index contributed by atoms with van der Waals surface area (Å²) in [5.41, 5.74) is 3.67. The molecule has 0 aliphatic carbocycles. The summed E-state index contributed by atoms with van der Waals surface area (Å²) in [5.74, 6) is 0. The highest BCUT2D eigenvalue weighted by Gasteiger charge is 2.03. The van der Waals surface area contributed by atoms with E-state index in [1.54, 1.807) is 0 Å². The highest BCUT2D eigenvalue weighted by atomic mass is 15.1. The van der Waals surface area contributed by atoms with Gasteiger partial charge in [0.05, 0.1) is 0 Å². The van der Waals surface area contributed by atoms with Crippen LogP contribution in [0, 0.1) is 6.92 Å². The molecule has 0 aliphatic heterocycles. The summed E-state index contributed by atoms with van der Waals surface area (Å²) in [6.07, 6.45) is 1.90. The molecule has 0 aromatic heterocycles. The van der Waals surface area contributed by atoms with E-state index < -0.39 is 0 Å². The maximum absolute atomic E-state index is 3.76. The molecule has 2 nitrogen and oxygen atoms in total. The lowest BCUT2D eigenvalue weighted by Crippen LogP contribution is -2.14. The third-order valence-corrected chi connectivity index (χ3v) is 2.44. The van der Waals surface area contributed by atoms with Gasteiger partial charge >= 0.3 is 0 Å². The second-order valence-corrected chi connectivity index (χ2v) is 4.06. The van der Waals surface area contributed by atoms with Crippen molar-refractivity contribution in [1.82, 2.24) is 0 Å². The third-order valence-electron chi connectivity index (χ3n) is 2.44. The monoisotopic (exact) mass is 204 g/mol. The topological polar surface area (TPSA) is 15.3 Å². The second kappa shape index (κ2) is 4.87. The van der Waals surface area contributed by atoms with Gasteiger partial charge in [-0.05, 0) is 31.5 Å². The summed E-state index contributed by atoms with van der Waals surface area (Å²) < 4.78 is 0. The molecule has 0 spiro atoms. The van der Waals surface area contributed by atoms with E-state index in [4.69, 9.17) is 0 Å². The molecule has 1 atom stereocenters. The molecule has 1 aromatic rings. The molecule has 15 heavy (non-hydrogen) atoms. The molecule has 0 saturated heterocycles. The fourth-order valence-electron chi connectivity index (χ4n) is 1.50. The minimum atomic E-state index is 0.294. The van der Waals surface area contributed by atoms with Crippen LogP contribution in [0.1, 0.15) is 12.5 Å². The normalized spacial score (nSPS) is 12.0. The van der Waals surface area contributed by atoms with Crippen molar-refractivity contribution in [2.75, 3.05) is 24.3 Å². The van der Waals surface area contributed by atoms with Crippen molar-refractivity contribution in [1.29, 1.82) is 0 Å². The molecule has 0 radical (unpaired) electrons. The minimum absolute atomic E-state index is 0.294. The second-order valence-electron chi connectivity index (χ2n) is 4.06. The largest absolute Gasteiger partial charge is 0.379 e. The summed E-state index contributed by atoms with van der Waals surface area (Å²) in [6, 6.07) is 6.69. The maximum atomic E-state index is 3.76. The van der Waals surface area contributed by atoms with Gasteiger partial charge in [-0.25, -0.2) is 0 Å². The molecular formula is C13H20N2. The van der Waals surface area contributed by atoms with E-state index in [2.05, 4.69) is 62.9 Å². The lowest BCUT2D eigenvalue weighted by Gasteiger charge is -2.18. The van der Waals surface area contributed by atoms with E-state index in [1.165, 1.54) is 11.3 Å². The van der Waals surface area contributed by atoms with Gasteiger partial charge in [-0.3, -0.25) is 0 Å². The average Bonchev–Trinajstić information content (AvgIpc) is 2.20. The Bertz CT molecular complexity index is 342. The number of hydrogen-bond donors (Lipinski definition) is 1. The van der Waals surface area contributed by atoms with Gasteiger partial charge < -0.3 is 10.2 Å². The molecule has 1 unspecified atom stereocenters. The quantitative estimate of drug-likeness (QED) is 0.758. The Hall–Kier alpha value is -1.44. The van der Waals surface area contributed by atoms with E-state index in [9.17, 15) is 0 Å². The van der Waals surface area contributed by atoms with Crippen LogP contribution >= 0.6 is 0 Å². The van der Waals surface area contributed by atoms with Gasteiger partial charge in [0, 0.05) is 31.5 Å². The first kappa shape index (κ1) is 11.6. The van der Waals surface area contributed by atoms with Gasteiger partial charge in [-0.2, -0.15) is 0 Å². The van der Waals surface area contributed by atoms with Gasteiger partial charge in [-0.15, -0.1) is 6.58 Å². The lowest BCUT2D eigenvalue weighted by atomic mass is 10.1. The van der Waals surface area contributed by atoms with Crippen LogP contribution < -0.4 is 10.2 Å². The Balaban J connectivity index is 2.92. The first-order chi connectivity index (χ1) is 7.04. The van der Waals surface area contributed by atoms with Gasteiger partial charge in [0.1, 0.15) is 0 Å². The average molecular weight is 204 g/mol. The van der Waals surface area contributed by atoms with Crippen molar-refractivity contribution < 1.29 is 0 Å². The summed E-state index contributed by atoms with van der Waals surface area (Å²) >= 11 is 0. The lowest BCUT2D eigenvalue weighted by molar-refractivity contribution is 0.999. The van der Waals surface area contributed by atoms with Gasteiger partial charge in [0.2, 0.25) is 0 Å². The first-order valence-electron chi connectivity index (χ1n) is 5.21. The zero-order valence-corrected chi connectivity index (χ0v) is 10.0. The number of rotatable bonds is 4. The van der Waals surface area contributed by atoms with Crippen LogP contribution in [0.5, 0.6) is 0 Å². The summed E-state index contributed by atoms with van der Waals surface area (Å²) in [4.78, 5) is 2.12. The van der Waals surface area contributed by atoms with Crippen LogP contribution in [0.25, 0.3) is 0 Å². The molecule has 0 saturated carbocycles. The highest BCUT2D eigenvalue weighted by molar-refractivity contribution is 5.62. The van der Waals surface area contributed by atoms with Gasteiger partial charge in [-0.1, -0.05) is 12.1 Å². The predicted octanol–water partition coefficient (Wildman–Crippen LogP) is 3.05. The Labute approximate surface area is 92.6 Å². The van der Waals surface area contributed by atoms with Crippen molar-refractivity contribution in [3.63, 3.8) is 0 Å². The van der Waals surface area contributed by atoms with E-state index in [-0.39, 0.29) is 0 Å². The standard InChI is InChI=1S/C13H20N2/c1-6-11(3)14-12-8-7-10(2)13(9-12)15(4)5/h6-9,11,14H,1H2,2-5H3. The van der Waals surface area contributed by atoms with Crippen LogP contribution in [0.15, 0.2) is 30.9 Å². The van der Waals surface area contributed by atoms with Crippen LogP contribution in [0.2, 0.25) is 0 Å². The fourth-order valence-corrected chi connectivity index (χ4v) is 1.50. The molecule has 0 heterocycles. The van der Waals surface area contributed by atoms with E-state index in [1.807, 2.05) is 6.08 Å². The molecule has 0 bridgehead atoms. The van der Waals surface area contributed by atoms with Crippen molar-refractivity contribution in [2.24, 2.45) is 0 Å². The van der Waals surface area contributed by atoms with Crippen LogP contribution in [0.4, 0.5) is 11.4 Å². The smallest absolute Gasteiger partial charge is 0.0413 e. The van der Waals surface area contributed by atoms with Crippen molar-refractivity contribution in [3.05, 3.63) is 36.4 Å². The molecule has 1 N–H and O–H groups in total. The zero-order valence-electron chi connectivity index (χ0n) is 10.0. The summed E-state index contributed by atoms with van der Waals surface area (Å²) in [5, 5.41) is 3.37. The molecular weight excluding hydrogens is 184 g/mol. The number of anilines is 2. The highest BCUT2D eigenvalue weighted by Crippen LogP contribution is 2.22. The maximum Gasteiger partial charge on any atom is 0.0413 e. The number of aryl methyl sites for hydroxylation is 1. The number of hydrogen-bond acceptors (Lipinski definition) is 2. The number of nitrogens with one attached hydrogen (secondary N) is 1. The van der Waals surface area contributed by atoms with Gasteiger partial charge in [0.25, 0.3) is 0 Å². The van der Waals surface area contributed by atoms with Gasteiger partial charge in [0.15, 0.2) is 0 Å². The fraction of sp³-hybridized carbons (Fsp3) is 0.385. The predicted molar refractivity (Wildman–Crippen MR) is 68.8 cm³/mol. The molecule has 0 aliphatic rings. The van der Waals surface area contributed by atoms with E-state index in [0.717, 1.165) is 5.69 Å². The van der Waals surface area contributed by atoms with Crippen LogP contribution in [0.3, 0.4) is 0 Å². The zero-order chi connectivity index (χ0) is 11.4. The Morgan fingerprint density at radius 3 is 2.60 bits per heavy atom. The molecule has 82 valence electrons. The molecule has 0 amide bonds. The van der Waals surface area contributed by atoms with Crippen molar-refractivity contribution >= 4 is 11.4 Å². The minimum Gasteiger partial charge on any atom is -0.379 e. The molecule has 2 heteroatoms. The SMILES string of the molecule is C=CC(C)Nc1ccc(C)c(N(C)C)c1. The van der Waals surface area contributed by atoms with E-state index >= 15 is 0 Å². The number of benzene rings is 1. The molecule has 0 fully saturated rings. The summed E-state index contributed by atoms with van der Waals surface area (Å²) in [7, 11) is 4.12. The first-order valence-corrected chi connectivity index (χ1v) is 5.21. The summed E-state index contributed by atoms with van der Waals surface area (Å²) in [6.45, 7) is 7.97. The third kappa shape index (κ3) is 3.01. The molecule has 1 rings (SSSR count). The Morgan fingerprint density at radius 1 is 1.40 bits per heavy atom. The Morgan fingerprint density at radius 2 is 2.07 bits per heavy atom.